The Morgan fingerprint density at radius 3 is 2.58 bits per heavy atom. The first kappa shape index (κ1) is 8.87. The van der Waals surface area contributed by atoms with E-state index in [1.165, 1.54) is 6.07 Å². The Morgan fingerprint density at radius 2 is 2.00 bits per heavy atom. The summed E-state index contributed by atoms with van der Waals surface area (Å²) in [5.41, 5.74) is 0.560. The van der Waals surface area contributed by atoms with Crippen molar-refractivity contribution in [1.29, 1.82) is 0 Å². The molecule has 0 aliphatic heterocycles. The van der Waals surface area contributed by atoms with Crippen molar-refractivity contribution in [1.82, 2.24) is 0 Å². The predicted molar refractivity (Wildman–Crippen MR) is 45.2 cm³/mol. The Bertz CT molecular complexity index is 268. The van der Waals surface area contributed by atoms with Crippen LogP contribution in [0.2, 0.25) is 0 Å². The Kier molecular flexibility index (Phi) is 2.55. The number of hydrogen-bond donors (Lipinski definition) is 3. The van der Waals surface area contributed by atoms with Crippen molar-refractivity contribution in [2.75, 3.05) is 0 Å². The molecule has 1 aromatic rings. The number of phenols is 2. The maximum atomic E-state index is 9.29. The van der Waals surface area contributed by atoms with Crippen molar-refractivity contribution < 1.29 is 15.3 Å². The minimum atomic E-state index is -0.516. The number of para-hydroxylation sites is 1. The predicted octanol–water partition coefficient (Wildman–Crippen LogP) is 1.02. The zero-order valence-corrected chi connectivity index (χ0v) is 6.86. The number of aliphatic hydroxyl groups excluding tert-OH is 1. The van der Waals surface area contributed by atoms with Gasteiger partial charge in [0.05, 0.1) is 6.10 Å². The van der Waals surface area contributed by atoms with E-state index in [2.05, 4.69) is 0 Å². The second-order valence-electron chi connectivity index (χ2n) is 2.84. The molecule has 0 amide bonds. The second-order valence-corrected chi connectivity index (χ2v) is 2.84. The summed E-state index contributed by atoms with van der Waals surface area (Å²) in [6.45, 7) is 1.63. The number of aliphatic hydroxyl groups is 1. The van der Waals surface area contributed by atoms with Crippen LogP contribution in [0.3, 0.4) is 0 Å². The van der Waals surface area contributed by atoms with Gasteiger partial charge in [-0.25, -0.2) is 0 Å². The number of rotatable bonds is 2. The van der Waals surface area contributed by atoms with E-state index in [0.29, 0.717) is 12.0 Å². The monoisotopic (exact) mass is 168 g/mol. The summed E-state index contributed by atoms with van der Waals surface area (Å²) in [4.78, 5) is 0. The molecule has 1 aromatic carbocycles. The second kappa shape index (κ2) is 3.45. The third-order valence-electron chi connectivity index (χ3n) is 1.61. The molecule has 0 saturated heterocycles. The Labute approximate surface area is 70.9 Å². The Hall–Kier alpha value is -1.22. The highest BCUT2D eigenvalue weighted by molar-refractivity contribution is 5.44. The normalized spacial score (nSPS) is 12.8. The molecule has 1 rings (SSSR count). The molecule has 1 atom stereocenters. The molecule has 3 nitrogen and oxygen atoms in total. The van der Waals surface area contributed by atoms with Crippen LogP contribution >= 0.6 is 0 Å². The van der Waals surface area contributed by atoms with Crippen LogP contribution in [0.25, 0.3) is 0 Å². The van der Waals surface area contributed by atoms with E-state index in [9.17, 15) is 5.11 Å². The van der Waals surface area contributed by atoms with Gasteiger partial charge in [-0.3, -0.25) is 0 Å². The topological polar surface area (TPSA) is 60.7 Å². The maximum Gasteiger partial charge on any atom is 0.160 e. The van der Waals surface area contributed by atoms with Crippen molar-refractivity contribution in [3.05, 3.63) is 23.8 Å². The van der Waals surface area contributed by atoms with Gasteiger partial charge in [0, 0.05) is 12.0 Å². The summed E-state index contributed by atoms with van der Waals surface area (Å²) in [6, 6.07) is 4.70. The van der Waals surface area contributed by atoms with Gasteiger partial charge in [0.2, 0.25) is 0 Å². The van der Waals surface area contributed by atoms with E-state index in [1.54, 1.807) is 19.1 Å². The highest BCUT2D eigenvalue weighted by Crippen LogP contribution is 2.28. The van der Waals surface area contributed by atoms with Crippen molar-refractivity contribution in [3.8, 4) is 11.5 Å². The average molecular weight is 168 g/mol. The van der Waals surface area contributed by atoms with Crippen LogP contribution < -0.4 is 0 Å². The lowest BCUT2D eigenvalue weighted by Gasteiger charge is -2.07. The van der Waals surface area contributed by atoms with Gasteiger partial charge in [-0.1, -0.05) is 12.1 Å². The fourth-order valence-electron chi connectivity index (χ4n) is 1.06. The molecule has 1 unspecified atom stereocenters. The van der Waals surface area contributed by atoms with Crippen molar-refractivity contribution in [3.63, 3.8) is 0 Å². The molecule has 12 heavy (non-hydrogen) atoms. The summed E-state index contributed by atoms with van der Waals surface area (Å²) in [5, 5.41) is 27.4. The van der Waals surface area contributed by atoms with Crippen molar-refractivity contribution in [2.24, 2.45) is 0 Å². The molecule has 0 fully saturated rings. The number of benzene rings is 1. The molecule has 0 aliphatic rings. The highest BCUT2D eigenvalue weighted by atomic mass is 16.3. The largest absolute Gasteiger partial charge is 0.504 e. The number of phenolic OH excluding ortho intramolecular Hbond substituents is 2. The number of aromatic hydroxyl groups is 2. The third kappa shape index (κ3) is 1.89. The molecular weight excluding hydrogens is 156 g/mol. The van der Waals surface area contributed by atoms with Crippen LogP contribution in [0.5, 0.6) is 11.5 Å². The maximum absolute atomic E-state index is 9.29. The molecule has 66 valence electrons. The molecule has 0 saturated carbocycles. The quantitative estimate of drug-likeness (QED) is 0.578. The minimum Gasteiger partial charge on any atom is -0.504 e. The fraction of sp³-hybridized carbons (Fsp3) is 0.333. The first-order valence-corrected chi connectivity index (χ1v) is 3.79. The molecule has 0 bridgehead atoms. The lowest BCUT2D eigenvalue weighted by Crippen LogP contribution is -2.03. The molecule has 0 heterocycles. The van der Waals surface area contributed by atoms with Gasteiger partial charge >= 0.3 is 0 Å². The van der Waals surface area contributed by atoms with Crippen molar-refractivity contribution in [2.45, 2.75) is 19.4 Å². The van der Waals surface area contributed by atoms with Crippen LogP contribution in [0.4, 0.5) is 0 Å². The lowest BCUT2D eigenvalue weighted by atomic mass is 10.1. The molecule has 0 spiro atoms. The van der Waals surface area contributed by atoms with Gasteiger partial charge in [-0.2, -0.15) is 0 Å². The highest BCUT2D eigenvalue weighted by Gasteiger charge is 2.07. The van der Waals surface area contributed by atoms with Gasteiger partial charge in [0.1, 0.15) is 0 Å². The van der Waals surface area contributed by atoms with Crippen LogP contribution in [0, 0.1) is 0 Å². The molecule has 0 aliphatic carbocycles. The van der Waals surface area contributed by atoms with Gasteiger partial charge in [-0.05, 0) is 13.0 Å². The summed E-state index contributed by atoms with van der Waals surface area (Å²) >= 11 is 0. The van der Waals surface area contributed by atoms with E-state index in [4.69, 9.17) is 10.2 Å². The average Bonchev–Trinajstić information content (AvgIpc) is 1.98. The summed E-state index contributed by atoms with van der Waals surface area (Å²) in [6.07, 6.45) is -0.169. The summed E-state index contributed by atoms with van der Waals surface area (Å²) in [7, 11) is 0. The fourth-order valence-corrected chi connectivity index (χ4v) is 1.06. The molecule has 3 N–H and O–H groups in total. The van der Waals surface area contributed by atoms with Crippen LogP contribution in [0.15, 0.2) is 18.2 Å². The van der Waals surface area contributed by atoms with Gasteiger partial charge in [0.25, 0.3) is 0 Å². The van der Waals surface area contributed by atoms with E-state index in [0.717, 1.165) is 0 Å². The van der Waals surface area contributed by atoms with Crippen LogP contribution in [-0.2, 0) is 6.42 Å². The molecule has 0 aromatic heterocycles. The van der Waals surface area contributed by atoms with Gasteiger partial charge in [0.15, 0.2) is 11.5 Å². The molecule has 3 heteroatoms. The van der Waals surface area contributed by atoms with E-state index in [-0.39, 0.29) is 11.5 Å². The SMILES string of the molecule is CC(O)Cc1cccc(O)c1O. The number of hydrogen-bond acceptors (Lipinski definition) is 3. The van der Waals surface area contributed by atoms with Crippen LogP contribution in [-0.4, -0.2) is 21.4 Å². The summed E-state index contributed by atoms with van der Waals surface area (Å²) in [5.74, 6) is -0.286. The van der Waals surface area contributed by atoms with Crippen LogP contribution in [0.1, 0.15) is 12.5 Å². The lowest BCUT2D eigenvalue weighted by molar-refractivity contribution is 0.194. The zero-order valence-electron chi connectivity index (χ0n) is 6.86. The van der Waals surface area contributed by atoms with Gasteiger partial charge < -0.3 is 15.3 Å². The Balaban J connectivity index is 2.92. The van der Waals surface area contributed by atoms with E-state index in [1.807, 2.05) is 0 Å². The summed E-state index contributed by atoms with van der Waals surface area (Å²) < 4.78 is 0. The minimum absolute atomic E-state index is 0.140. The first-order chi connectivity index (χ1) is 5.61. The Morgan fingerprint density at radius 1 is 1.33 bits per heavy atom. The van der Waals surface area contributed by atoms with E-state index >= 15 is 0 Å². The van der Waals surface area contributed by atoms with Crippen molar-refractivity contribution >= 4 is 0 Å². The van der Waals surface area contributed by atoms with Gasteiger partial charge in [-0.15, -0.1) is 0 Å². The smallest absolute Gasteiger partial charge is 0.160 e. The molecular formula is C9H12O3. The van der Waals surface area contributed by atoms with E-state index < -0.39 is 6.10 Å². The molecule has 0 radical (unpaired) electrons. The first-order valence-electron chi connectivity index (χ1n) is 3.79. The zero-order chi connectivity index (χ0) is 9.14. The third-order valence-corrected chi connectivity index (χ3v) is 1.61. The standard InChI is InChI=1S/C9H12O3/c1-6(10)5-7-3-2-4-8(11)9(7)12/h2-4,6,10-12H,5H2,1H3.